The molecule has 3 heteroatoms. The molecule has 2 aliphatic rings. The molecule has 0 bridgehead atoms. The highest BCUT2D eigenvalue weighted by Gasteiger charge is 2.41. The SMILES string of the molecule is CC(O)C1CCN(CC2CCC(C)(C)C2=O)CC1. The number of carbonyl (C=O) groups is 1. The van der Waals surface area contributed by atoms with Crippen LogP contribution >= 0.6 is 0 Å². The lowest BCUT2D eigenvalue weighted by molar-refractivity contribution is -0.128. The van der Waals surface area contributed by atoms with Crippen LogP contribution in [0.3, 0.4) is 0 Å². The summed E-state index contributed by atoms with van der Waals surface area (Å²) >= 11 is 0. The summed E-state index contributed by atoms with van der Waals surface area (Å²) in [4.78, 5) is 14.6. The van der Waals surface area contributed by atoms with Gasteiger partial charge in [-0.3, -0.25) is 4.79 Å². The van der Waals surface area contributed by atoms with Crippen LogP contribution in [-0.2, 0) is 4.79 Å². The van der Waals surface area contributed by atoms with Crippen molar-refractivity contribution in [2.45, 2.75) is 52.6 Å². The molecule has 0 aromatic rings. The Morgan fingerprint density at radius 1 is 1.33 bits per heavy atom. The van der Waals surface area contributed by atoms with Crippen molar-refractivity contribution >= 4 is 5.78 Å². The minimum Gasteiger partial charge on any atom is -0.393 e. The van der Waals surface area contributed by atoms with Gasteiger partial charge in [0, 0.05) is 17.9 Å². The lowest BCUT2D eigenvalue weighted by Crippen LogP contribution is -2.41. The third-order valence-corrected chi connectivity index (χ3v) is 4.95. The second kappa shape index (κ2) is 5.30. The number of Topliss-reactive ketones (excluding diaryl/α,β-unsaturated/α-hetero) is 1. The fourth-order valence-electron chi connectivity index (χ4n) is 3.45. The quantitative estimate of drug-likeness (QED) is 0.837. The first-order chi connectivity index (χ1) is 8.40. The van der Waals surface area contributed by atoms with Gasteiger partial charge in [0.1, 0.15) is 5.78 Å². The maximum absolute atomic E-state index is 12.2. The van der Waals surface area contributed by atoms with Gasteiger partial charge < -0.3 is 10.0 Å². The van der Waals surface area contributed by atoms with Crippen molar-refractivity contribution in [3.8, 4) is 0 Å². The van der Waals surface area contributed by atoms with Crippen molar-refractivity contribution in [3.63, 3.8) is 0 Å². The molecular formula is C15H27NO2. The number of aliphatic hydroxyl groups excluding tert-OH is 1. The van der Waals surface area contributed by atoms with Gasteiger partial charge >= 0.3 is 0 Å². The van der Waals surface area contributed by atoms with Gasteiger partial charge in [0.15, 0.2) is 0 Å². The van der Waals surface area contributed by atoms with Crippen molar-refractivity contribution < 1.29 is 9.90 Å². The Kier molecular flexibility index (Phi) is 4.12. The van der Waals surface area contributed by atoms with Crippen LogP contribution in [0.2, 0.25) is 0 Å². The number of piperidine rings is 1. The van der Waals surface area contributed by atoms with Crippen molar-refractivity contribution in [3.05, 3.63) is 0 Å². The van der Waals surface area contributed by atoms with Crippen molar-refractivity contribution in [1.29, 1.82) is 0 Å². The molecule has 0 aromatic carbocycles. The summed E-state index contributed by atoms with van der Waals surface area (Å²) in [7, 11) is 0. The zero-order valence-corrected chi connectivity index (χ0v) is 12.0. The van der Waals surface area contributed by atoms with Crippen molar-refractivity contribution in [2.24, 2.45) is 17.3 Å². The molecule has 18 heavy (non-hydrogen) atoms. The van der Waals surface area contributed by atoms with Gasteiger partial charge in [0.25, 0.3) is 0 Å². The van der Waals surface area contributed by atoms with E-state index in [4.69, 9.17) is 0 Å². The van der Waals surface area contributed by atoms with Gasteiger partial charge in [-0.05, 0) is 51.6 Å². The van der Waals surface area contributed by atoms with Crippen LogP contribution in [0.5, 0.6) is 0 Å². The predicted molar refractivity (Wildman–Crippen MR) is 72.4 cm³/mol. The van der Waals surface area contributed by atoms with Crippen LogP contribution in [0.15, 0.2) is 0 Å². The van der Waals surface area contributed by atoms with E-state index in [-0.39, 0.29) is 17.4 Å². The maximum Gasteiger partial charge on any atom is 0.142 e. The first kappa shape index (κ1) is 14.0. The molecule has 2 unspecified atom stereocenters. The summed E-state index contributed by atoms with van der Waals surface area (Å²) in [6.07, 6.45) is 4.06. The highest BCUT2D eigenvalue weighted by Crippen LogP contribution is 2.38. The van der Waals surface area contributed by atoms with Crippen LogP contribution in [0.25, 0.3) is 0 Å². The average molecular weight is 253 g/mol. The Morgan fingerprint density at radius 2 is 1.94 bits per heavy atom. The van der Waals surface area contributed by atoms with E-state index in [9.17, 15) is 9.90 Å². The van der Waals surface area contributed by atoms with Crippen LogP contribution in [0, 0.1) is 17.3 Å². The summed E-state index contributed by atoms with van der Waals surface area (Å²) in [5.74, 6) is 1.17. The smallest absolute Gasteiger partial charge is 0.142 e. The fraction of sp³-hybridized carbons (Fsp3) is 0.933. The molecule has 1 aliphatic carbocycles. The van der Waals surface area contributed by atoms with Gasteiger partial charge in [0.2, 0.25) is 0 Å². The fourth-order valence-corrected chi connectivity index (χ4v) is 3.45. The molecule has 1 N–H and O–H groups in total. The molecule has 1 saturated carbocycles. The number of ketones is 1. The average Bonchev–Trinajstić information content (AvgIpc) is 2.57. The highest BCUT2D eigenvalue weighted by molar-refractivity contribution is 5.88. The van der Waals surface area contributed by atoms with Crippen LogP contribution in [0.1, 0.15) is 46.5 Å². The van der Waals surface area contributed by atoms with Crippen molar-refractivity contribution in [2.75, 3.05) is 19.6 Å². The molecule has 0 spiro atoms. The first-order valence-electron chi connectivity index (χ1n) is 7.35. The summed E-state index contributed by atoms with van der Waals surface area (Å²) in [6, 6.07) is 0. The second-order valence-corrected chi connectivity index (χ2v) is 6.86. The van der Waals surface area contributed by atoms with E-state index in [1.54, 1.807) is 0 Å². The number of carbonyl (C=O) groups excluding carboxylic acids is 1. The Bertz CT molecular complexity index is 304. The Morgan fingerprint density at radius 3 is 2.39 bits per heavy atom. The van der Waals surface area contributed by atoms with Gasteiger partial charge in [-0.25, -0.2) is 0 Å². The first-order valence-corrected chi connectivity index (χ1v) is 7.35. The number of hydrogen-bond donors (Lipinski definition) is 1. The van der Waals surface area contributed by atoms with E-state index in [1.807, 2.05) is 6.92 Å². The Hall–Kier alpha value is -0.410. The third-order valence-electron chi connectivity index (χ3n) is 4.95. The second-order valence-electron chi connectivity index (χ2n) is 6.86. The molecular weight excluding hydrogens is 226 g/mol. The highest BCUT2D eigenvalue weighted by atomic mass is 16.3. The van der Waals surface area contributed by atoms with Gasteiger partial charge in [0.05, 0.1) is 6.10 Å². The number of hydrogen-bond acceptors (Lipinski definition) is 3. The molecule has 0 aromatic heterocycles. The lowest BCUT2D eigenvalue weighted by atomic mass is 9.88. The molecule has 2 fully saturated rings. The zero-order valence-electron chi connectivity index (χ0n) is 12.0. The van der Waals surface area contributed by atoms with E-state index in [0.29, 0.717) is 11.7 Å². The normalized spacial score (nSPS) is 31.8. The van der Waals surface area contributed by atoms with Crippen molar-refractivity contribution in [1.82, 2.24) is 4.90 Å². The zero-order chi connectivity index (χ0) is 13.3. The molecule has 104 valence electrons. The molecule has 3 nitrogen and oxygen atoms in total. The molecule has 0 amide bonds. The predicted octanol–water partition coefficient (Wildman–Crippen LogP) is 2.08. The molecule has 1 aliphatic heterocycles. The van der Waals surface area contributed by atoms with Crippen LogP contribution in [0.4, 0.5) is 0 Å². The van der Waals surface area contributed by atoms with Gasteiger partial charge in [-0.2, -0.15) is 0 Å². The summed E-state index contributed by atoms with van der Waals surface area (Å²) in [5, 5.41) is 9.59. The van der Waals surface area contributed by atoms with E-state index in [0.717, 1.165) is 45.3 Å². The monoisotopic (exact) mass is 253 g/mol. The largest absolute Gasteiger partial charge is 0.393 e. The van der Waals surface area contributed by atoms with E-state index in [1.165, 1.54) is 0 Å². The molecule has 1 saturated heterocycles. The molecule has 1 heterocycles. The standard InChI is InChI=1S/C15H27NO2/c1-11(17)12-5-8-16(9-6-12)10-13-4-7-15(2,3)14(13)18/h11-13,17H,4-10H2,1-3H3. The maximum atomic E-state index is 12.2. The summed E-state index contributed by atoms with van der Waals surface area (Å²) < 4.78 is 0. The number of likely N-dealkylation sites (tertiary alicyclic amines) is 1. The van der Waals surface area contributed by atoms with Crippen LogP contribution < -0.4 is 0 Å². The number of rotatable bonds is 3. The van der Waals surface area contributed by atoms with Gasteiger partial charge in [-0.1, -0.05) is 13.8 Å². The third kappa shape index (κ3) is 2.94. The minimum absolute atomic E-state index is 0.0946. The Balaban J connectivity index is 1.81. The van der Waals surface area contributed by atoms with Gasteiger partial charge in [-0.15, -0.1) is 0 Å². The minimum atomic E-state index is -0.181. The van der Waals surface area contributed by atoms with E-state index in [2.05, 4.69) is 18.7 Å². The number of aliphatic hydroxyl groups is 1. The summed E-state index contributed by atoms with van der Waals surface area (Å²) in [6.45, 7) is 9.07. The van der Waals surface area contributed by atoms with Crippen LogP contribution in [-0.4, -0.2) is 41.5 Å². The Labute approximate surface area is 111 Å². The molecule has 0 radical (unpaired) electrons. The van der Waals surface area contributed by atoms with E-state index < -0.39 is 0 Å². The topological polar surface area (TPSA) is 40.5 Å². The van der Waals surface area contributed by atoms with E-state index >= 15 is 0 Å². The summed E-state index contributed by atoms with van der Waals surface area (Å²) in [5.41, 5.74) is -0.0946. The number of nitrogens with zero attached hydrogens (tertiary/aromatic N) is 1. The molecule has 2 rings (SSSR count). The lowest BCUT2D eigenvalue weighted by Gasteiger charge is -2.34. The molecule has 2 atom stereocenters.